The smallest absolute Gasteiger partial charge is 0.266 e. The molecule has 2 aromatic carbocycles. The molecule has 150 valence electrons. The van der Waals surface area contributed by atoms with Crippen LogP contribution in [0.2, 0.25) is 0 Å². The second-order valence-electron chi connectivity index (χ2n) is 5.72. The van der Waals surface area contributed by atoms with Gasteiger partial charge in [0.2, 0.25) is 0 Å². The summed E-state index contributed by atoms with van der Waals surface area (Å²) >= 11 is 2.12. The summed E-state index contributed by atoms with van der Waals surface area (Å²) in [6.45, 7) is 6.43. The predicted molar refractivity (Wildman–Crippen MR) is 121 cm³/mol. The Morgan fingerprint density at radius 2 is 2.00 bits per heavy atom. The highest BCUT2D eigenvalue weighted by Crippen LogP contribution is 2.34. The van der Waals surface area contributed by atoms with Crippen LogP contribution in [0.4, 0.5) is 5.69 Å². The second kappa shape index (κ2) is 11.1. The van der Waals surface area contributed by atoms with Gasteiger partial charge >= 0.3 is 0 Å². The number of rotatable bonds is 9. The first-order valence-corrected chi connectivity index (χ1v) is 9.87. The zero-order chi connectivity index (χ0) is 21.2. The molecule has 1 N–H and O–H groups in total. The number of carbonyl (C=O) groups is 1. The second-order valence-corrected chi connectivity index (χ2v) is 6.88. The number of benzene rings is 2. The summed E-state index contributed by atoms with van der Waals surface area (Å²) in [5.74, 6) is 1.30. The van der Waals surface area contributed by atoms with E-state index in [1.165, 1.54) is 13.2 Å². The maximum absolute atomic E-state index is 12.5. The molecule has 0 aliphatic carbocycles. The maximum atomic E-state index is 12.5. The Labute approximate surface area is 183 Å². The molecule has 29 heavy (non-hydrogen) atoms. The van der Waals surface area contributed by atoms with Crippen LogP contribution in [0.3, 0.4) is 0 Å². The summed E-state index contributed by atoms with van der Waals surface area (Å²) in [5.41, 5.74) is 1.19. The van der Waals surface area contributed by atoms with Crippen LogP contribution < -0.4 is 19.5 Å². The summed E-state index contributed by atoms with van der Waals surface area (Å²) in [6.07, 6.45) is 3.15. The number of nitrogens with zero attached hydrogens (tertiary/aromatic N) is 1. The summed E-state index contributed by atoms with van der Waals surface area (Å²) < 4.78 is 17.2. The SMILES string of the molecule is C=CCOc1c(I)cc(/C=C(/C#N)C(=O)Nc2ccc(OCC)cc2)cc1OC. The minimum absolute atomic E-state index is 0.0310. The van der Waals surface area contributed by atoms with Crippen LogP contribution >= 0.6 is 22.6 Å². The Hall–Kier alpha value is -2.99. The molecule has 0 aliphatic heterocycles. The molecule has 6 nitrogen and oxygen atoms in total. The van der Waals surface area contributed by atoms with Crippen LogP contribution in [0.25, 0.3) is 6.08 Å². The third kappa shape index (κ3) is 6.26. The van der Waals surface area contributed by atoms with Crippen LogP contribution in [0.5, 0.6) is 17.2 Å². The summed E-state index contributed by atoms with van der Waals surface area (Å²) in [7, 11) is 1.53. The zero-order valence-corrected chi connectivity index (χ0v) is 18.4. The van der Waals surface area contributed by atoms with Crippen LogP contribution in [-0.4, -0.2) is 26.2 Å². The molecule has 0 saturated carbocycles. The van der Waals surface area contributed by atoms with E-state index >= 15 is 0 Å². The summed E-state index contributed by atoms with van der Waals surface area (Å²) in [6, 6.07) is 12.4. The molecule has 0 spiro atoms. The van der Waals surface area contributed by atoms with Gasteiger partial charge in [0.25, 0.3) is 5.91 Å². The fourth-order valence-electron chi connectivity index (χ4n) is 2.42. The lowest BCUT2D eigenvalue weighted by atomic mass is 10.1. The molecule has 0 radical (unpaired) electrons. The van der Waals surface area contributed by atoms with Gasteiger partial charge in [-0.2, -0.15) is 5.26 Å². The van der Waals surface area contributed by atoms with E-state index < -0.39 is 5.91 Å². The quantitative estimate of drug-likeness (QED) is 0.230. The van der Waals surface area contributed by atoms with Crippen molar-refractivity contribution in [3.8, 4) is 23.3 Å². The van der Waals surface area contributed by atoms with Gasteiger partial charge in [0, 0.05) is 5.69 Å². The molecule has 0 bridgehead atoms. The van der Waals surface area contributed by atoms with Crippen molar-refractivity contribution < 1.29 is 19.0 Å². The molecule has 2 aromatic rings. The lowest BCUT2D eigenvalue weighted by Crippen LogP contribution is -2.13. The Kier molecular flexibility index (Phi) is 8.55. The Morgan fingerprint density at radius 3 is 2.59 bits per heavy atom. The number of hydrogen-bond donors (Lipinski definition) is 1. The van der Waals surface area contributed by atoms with Crippen molar-refractivity contribution in [2.45, 2.75) is 6.92 Å². The number of nitrogens with one attached hydrogen (secondary N) is 1. The molecule has 7 heteroatoms. The van der Waals surface area contributed by atoms with Crippen molar-refractivity contribution in [2.24, 2.45) is 0 Å². The highest BCUT2D eigenvalue weighted by molar-refractivity contribution is 14.1. The molecular weight excluding hydrogens is 483 g/mol. The number of methoxy groups -OCH3 is 1. The standard InChI is InChI=1S/C22H21IN2O4/c1-4-10-29-21-19(23)12-15(13-20(21)27-3)11-16(14-24)22(26)25-17-6-8-18(9-7-17)28-5-2/h4,6-9,11-13H,1,5,10H2,2-3H3,(H,25,26)/b16-11-. The van der Waals surface area contributed by atoms with E-state index in [4.69, 9.17) is 14.2 Å². The molecule has 0 aromatic heterocycles. The molecule has 0 fully saturated rings. The molecule has 0 saturated heterocycles. The van der Waals surface area contributed by atoms with E-state index in [0.29, 0.717) is 41.7 Å². The summed E-state index contributed by atoms with van der Waals surface area (Å²) in [5, 5.41) is 12.2. The van der Waals surface area contributed by atoms with Gasteiger partial charge in [-0.15, -0.1) is 0 Å². The third-order valence-electron chi connectivity index (χ3n) is 3.70. The normalized spacial score (nSPS) is 10.6. The highest BCUT2D eigenvalue weighted by Gasteiger charge is 2.14. The average molecular weight is 504 g/mol. The van der Waals surface area contributed by atoms with Gasteiger partial charge in [-0.1, -0.05) is 12.7 Å². The Bertz CT molecular complexity index is 947. The first kappa shape index (κ1) is 22.3. The van der Waals surface area contributed by atoms with Gasteiger partial charge in [0.1, 0.15) is 24.0 Å². The number of hydrogen-bond acceptors (Lipinski definition) is 5. The van der Waals surface area contributed by atoms with E-state index in [-0.39, 0.29) is 5.57 Å². The van der Waals surface area contributed by atoms with Gasteiger partial charge in [-0.05, 0) is 77.6 Å². The number of carbonyl (C=O) groups excluding carboxylic acids is 1. The Balaban J connectivity index is 2.23. The number of anilines is 1. The first-order valence-electron chi connectivity index (χ1n) is 8.79. The van der Waals surface area contributed by atoms with Crippen LogP contribution in [-0.2, 0) is 4.79 Å². The number of halogens is 1. The minimum Gasteiger partial charge on any atom is -0.494 e. The van der Waals surface area contributed by atoms with Crippen molar-refractivity contribution in [3.05, 3.63) is 63.8 Å². The van der Waals surface area contributed by atoms with E-state index in [1.54, 1.807) is 36.4 Å². The van der Waals surface area contributed by atoms with Gasteiger partial charge in [0.15, 0.2) is 11.5 Å². The molecule has 0 unspecified atom stereocenters. The lowest BCUT2D eigenvalue weighted by Gasteiger charge is -2.12. The van der Waals surface area contributed by atoms with E-state index in [0.717, 1.165) is 3.57 Å². The van der Waals surface area contributed by atoms with Crippen LogP contribution in [0.15, 0.2) is 54.6 Å². The zero-order valence-electron chi connectivity index (χ0n) is 16.2. The van der Waals surface area contributed by atoms with Gasteiger partial charge in [-0.3, -0.25) is 4.79 Å². The number of ether oxygens (including phenoxy) is 3. The number of amides is 1. The molecule has 1 amide bonds. The average Bonchev–Trinajstić information content (AvgIpc) is 2.72. The molecule has 0 aliphatic rings. The molecule has 0 atom stereocenters. The number of nitriles is 1. The lowest BCUT2D eigenvalue weighted by molar-refractivity contribution is -0.112. The topological polar surface area (TPSA) is 80.6 Å². The molecular formula is C22H21IN2O4. The third-order valence-corrected chi connectivity index (χ3v) is 4.50. The highest BCUT2D eigenvalue weighted by atomic mass is 127. The van der Waals surface area contributed by atoms with Crippen molar-refractivity contribution >= 4 is 40.3 Å². The largest absolute Gasteiger partial charge is 0.494 e. The van der Waals surface area contributed by atoms with Crippen LogP contribution in [0.1, 0.15) is 12.5 Å². The van der Waals surface area contributed by atoms with Gasteiger partial charge in [0.05, 0.1) is 17.3 Å². The van der Waals surface area contributed by atoms with E-state index in [1.807, 2.05) is 19.1 Å². The van der Waals surface area contributed by atoms with Gasteiger partial charge < -0.3 is 19.5 Å². The fourth-order valence-corrected chi connectivity index (χ4v) is 3.20. The van der Waals surface area contributed by atoms with Crippen molar-refractivity contribution in [3.63, 3.8) is 0 Å². The van der Waals surface area contributed by atoms with Gasteiger partial charge in [-0.25, -0.2) is 0 Å². The predicted octanol–water partition coefficient (Wildman–Crippen LogP) is 4.81. The maximum Gasteiger partial charge on any atom is 0.266 e. The Morgan fingerprint density at radius 1 is 1.28 bits per heavy atom. The molecule has 2 rings (SSSR count). The van der Waals surface area contributed by atoms with E-state index in [2.05, 4.69) is 34.5 Å². The minimum atomic E-state index is -0.502. The van der Waals surface area contributed by atoms with Crippen molar-refractivity contribution in [2.75, 3.05) is 25.6 Å². The molecule has 0 heterocycles. The summed E-state index contributed by atoms with van der Waals surface area (Å²) in [4.78, 5) is 12.5. The van der Waals surface area contributed by atoms with E-state index in [9.17, 15) is 10.1 Å². The monoisotopic (exact) mass is 504 g/mol. The van der Waals surface area contributed by atoms with Crippen LogP contribution in [0, 0.1) is 14.9 Å². The first-order chi connectivity index (χ1) is 14.0. The van der Waals surface area contributed by atoms with Crippen molar-refractivity contribution in [1.29, 1.82) is 5.26 Å². The van der Waals surface area contributed by atoms with Crippen molar-refractivity contribution in [1.82, 2.24) is 0 Å². The fraction of sp³-hybridized carbons (Fsp3) is 0.182.